The molecule has 1 aromatic heterocycles. The van der Waals surface area contributed by atoms with Crippen molar-refractivity contribution in [3.05, 3.63) is 35.2 Å². The lowest BCUT2D eigenvalue weighted by Gasteiger charge is -2.37. The van der Waals surface area contributed by atoms with Crippen LogP contribution in [0, 0.1) is 0 Å². The van der Waals surface area contributed by atoms with Crippen LogP contribution in [0.4, 0.5) is 0 Å². The van der Waals surface area contributed by atoms with Gasteiger partial charge in [0, 0.05) is 18.3 Å². The van der Waals surface area contributed by atoms with Crippen LogP contribution in [0.3, 0.4) is 0 Å². The van der Waals surface area contributed by atoms with E-state index in [1.165, 1.54) is 38.3 Å². The van der Waals surface area contributed by atoms with Crippen LogP contribution >= 0.6 is 0 Å². The number of sulfone groups is 1. The molecule has 3 rings (SSSR count). The monoisotopic (exact) mass is 436 g/mol. The number of carboxylic acids is 1. The second kappa shape index (κ2) is 7.80. The smallest absolute Gasteiger partial charge is 0.328 e. The first-order valence-electron chi connectivity index (χ1n) is 9.49. The Morgan fingerprint density at radius 1 is 1.37 bits per heavy atom. The summed E-state index contributed by atoms with van der Waals surface area (Å²) in [5.41, 5.74) is 5.91. The van der Waals surface area contributed by atoms with Crippen LogP contribution in [-0.4, -0.2) is 70.4 Å². The summed E-state index contributed by atoms with van der Waals surface area (Å²) in [6, 6.07) is 1.49. The number of hydrogen-bond donors (Lipinski definition) is 3. The van der Waals surface area contributed by atoms with Crippen molar-refractivity contribution in [2.24, 2.45) is 5.73 Å². The van der Waals surface area contributed by atoms with Crippen molar-refractivity contribution in [2.75, 3.05) is 13.1 Å². The zero-order valence-electron chi connectivity index (χ0n) is 16.7. The lowest BCUT2D eigenvalue weighted by Crippen LogP contribution is -2.58. The number of fused-ring (bicyclic) bond motifs is 1. The molecule has 2 fully saturated rings. The van der Waals surface area contributed by atoms with E-state index in [2.05, 4.69) is 10.3 Å². The molecule has 11 heteroatoms. The minimum Gasteiger partial charge on any atom is -0.480 e. The lowest BCUT2D eigenvalue weighted by molar-refractivity contribution is -0.152. The number of nitrogens with two attached hydrogens (primary N) is 1. The molecular weight excluding hydrogens is 412 g/mol. The number of amides is 2. The molecule has 2 aliphatic heterocycles. The van der Waals surface area contributed by atoms with Gasteiger partial charge in [-0.15, -0.1) is 0 Å². The van der Waals surface area contributed by atoms with E-state index in [-0.39, 0.29) is 17.2 Å². The number of carbonyl (C=O) groups excluding carboxylic acids is 2. The Kier molecular flexibility index (Phi) is 5.70. The Morgan fingerprint density at radius 3 is 2.70 bits per heavy atom. The van der Waals surface area contributed by atoms with E-state index in [4.69, 9.17) is 5.73 Å². The van der Waals surface area contributed by atoms with Crippen LogP contribution in [0.2, 0.25) is 0 Å². The minimum absolute atomic E-state index is 0.0557. The summed E-state index contributed by atoms with van der Waals surface area (Å²) in [4.78, 5) is 41.4. The minimum atomic E-state index is -3.97. The van der Waals surface area contributed by atoms with Gasteiger partial charge in [-0.3, -0.25) is 14.6 Å². The zero-order valence-corrected chi connectivity index (χ0v) is 17.5. The number of carboxylic acid groups (broad SMARTS) is 1. The predicted molar refractivity (Wildman–Crippen MR) is 108 cm³/mol. The molecule has 0 aromatic carbocycles. The lowest BCUT2D eigenvalue weighted by atomic mass is 9.95. The van der Waals surface area contributed by atoms with Crippen molar-refractivity contribution in [3.63, 3.8) is 0 Å². The maximum absolute atomic E-state index is 12.9. The SMILES string of the molecule is CC1(C)[C@H](C(=O)O)N2C(=O)C(=Cc3cc(C(=O)NCCCCN)ccn3)[C@H]2S1(=O)=O. The summed E-state index contributed by atoms with van der Waals surface area (Å²) in [5.74, 6) is -2.36. The molecule has 1 aromatic rings. The summed E-state index contributed by atoms with van der Waals surface area (Å²) >= 11 is 0. The Labute approximate surface area is 174 Å². The van der Waals surface area contributed by atoms with Crippen LogP contribution in [-0.2, 0) is 19.4 Å². The van der Waals surface area contributed by atoms with E-state index >= 15 is 0 Å². The largest absolute Gasteiger partial charge is 0.480 e. The molecule has 2 amide bonds. The molecule has 162 valence electrons. The summed E-state index contributed by atoms with van der Waals surface area (Å²) in [6.07, 6.45) is 4.21. The number of aromatic nitrogens is 1. The van der Waals surface area contributed by atoms with E-state index in [0.29, 0.717) is 18.7 Å². The Hall–Kier alpha value is -2.79. The highest BCUT2D eigenvalue weighted by atomic mass is 32.2. The van der Waals surface area contributed by atoms with Crippen molar-refractivity contribution in [1.29, 1.82) is 0 Å². The average molecular weight is 436 g/mol. The molecule has 0 unspecified atom stereocenters. The predicted octanol–water partition coefficient (Wildman–Crippen LogP) is -0.238. The molecule has 2 atom stereocenters. The molecule has 0 radical (unpaired) electrons. The topological polar surface area (TPSA) is 160 Å². The molecule has 10 nitrogen and oxygen atoms in total. The van der Waals surface area contributed by atoms with Crippen LogP contribution in [0.15, 0.2) is 23.9 Å². The third kappa shape index (κ3) is 3.37. The van der Waals surface area contributed by atoms with Gasteiger partial charge in [0.1, 0.15) is 4.75 Å². The number of nitrogens with zero attached hydrogens (tertiary/aromatic N) is 2. The number of β-lactam (4-membered cyclic amide) rings is 1. The molecule has 0 spiro atoms. The molecule has 2 aliphatic rings. The Morgan fingerprint density at radius 2 is 2.07 bits per heavy atom. The molecule has 4 N–H and O–H groups in total. The van der Waals surface area contributed by atoms with Gasteiger partial charge in [-0.25, -0.2) is 13.2 Å². The van der Waals surface area contributed by atoms with Gasteiger partial charge in [0.2, 0.25) is 0 Å². The van der Waals surface area contributed by atoms with Gasteiger partial charge in [0.25, 0.3) is 11.8 Å². The van der Waals surface area contributed by atoms with Crippen LogP contribution in [0.5, 0.6) is 0 Å². The number of hydrogen-bond acceptors (Lipinski definition) is 7. The first-order valence-corrected chi connectivity index (χ1v) is 11.0. The third-order valence-corrected chi connectivity index (χ3v) is 8.22. The summed E-state index contributed by atoms with van der Waals surface area (Å²) in [7, 11) is -3.97. The summed E-state index contributed by atoms with van der Waals surface area (Å²) in [5, 5.41) is 10.9. The van der Waals surface area contributed by atoms with Gasteiger partial charge in [0.05, 0.1) is 11.3 Å². The summed E-state index contributed by atoms with van der Waals surface area (Å²) < 4.78 is 24.2. The van der Waals surface area contributed by atoms with Gasteiger partial charge in [-0.05, 0) is 51.4 Å². The van der Waals surface area contributed by atoms with Crippen molar-refractivity contribution < 1.29 is 27.9 Å². The van der Waals surface area contributed by atoms with E-state index in [0.717, 1.165) is 17.7 Å². The second-order valence-corrected chi connectivity index (χ2v) is 10.4. The first-order chi connectivity index (χ1) is 14.0. The number of carbonyl (C=O) groups is 3. The fourth-order valence-corrected chi connectivity index (χ4v) is 5.86. The van der Waals surface area contributed by atoms with Crippen LogP contribution in [0.1, 0.15) is 42.7 Å². The molecule has 0 aliphatic carbocycles. The van der Waals surface area contributed by atoms with Gasteiger partial charge < -0.3 is 21.1 Å². The van der Waals surface area contributed by atoms with Crippen molar-refractivity contribution >= 4 is 33.7 Å². The molecule has 0 bridgehead atoms. The van der Waals surface area contributed by atoms with Gasteiger partial charge in [-0.1, -0.05) is 0 Å². The Balaban J connectivity index is 1.86. The number of unbranched alkanes of at least 4 members (excludes halogenated alkanes) is 1. The average Bonchev–Trinajstić information content (AvgIpc) is 2.83. The maximum atomic E-state index is 12.9. The highest BCUT2D eigenvalue weighted by Crippen LogP contribution is 2.48. The molecule has 30 heavy (non-hydrogen) atoms. The molecule has 0 saturated carbocycles. The number of rotatable bonds is 7. The zero-order chi connectivity index (χ0) is 22.3. The fourth-order valence-electron chi connectivity index (χ4n) is 3.74. The molecule has 2 saturated heterocycles. The van der Waals surface area contributed by atoms with Gasteiger partial charge in [0.15, 0.2) is 21.3 Å². The van der Waals surface area contributed by atoms with Crippen molar-refractivity contribution in [1.82, 2.24) is 15.2 Å². The third-order valence-electron chi connectivity index (χ3n) is 5.46. The van der Waals surface area contributed by atoms with Crippen LogP contribution in [0.25, 0.3) is 6.08 Å². The van der Waals surface area contributed by atoms with Crippen LogP contribution < -0.4 is 11.1 Å². The van der Waals surface area contributed by atoms with E-state index in [1.807, 2.05) is 0 Å². The highest BCUT2D eigenvalue weighted by molar-refractivity contribution is 7.94. The van der Waals surface area contributed by atoms with Crippen molar-refractivity contribution in [3.8, 4) is 0 Å². The Bertz CT molecular complexity index is 1030. The molecule has 3 heterocycles. The van der Waals surface area contributed by atoms with E-state index < -0.39 is 37.9 Å². The number of aliphatic carboxylic acids is 1. The van der Waals surface area contributed by atoms with Crippen molar-refractivity contribution in [2.45, 2.75) is 42.9 Å². The number of pyridine rings is 1. The summed E-state index contributed by atoms with van der Waals surface area (Å²) in [6.45, 7) is 3.61. The normalized spacial score (nSPS) is 25.0. The fraction of sp³-hybridized carbons (Fsp3) is 0.474. The van der Waals surface area contributed by atoms with Gasteiger partial charge >= 0.3 is 5.97 Å². The highest BCUT2D eigenvalue weighted by Gasteiger charge is 2.70. The first kappa shape index (κ1) is 21.9. The quantitative estimate of drug-likeness (QED) is 0.300. The molecular formula is C19H24N4O6S. The standard InChI is InChI=1S/C19H24N4O6S/c1-19(2)14(18(26)27)23-16(25)13(17(23)30(19,28)29)10-12-9-11(5-8-21-12)15(24)22-7-4-3-6-20/h5,8-10,14,17H,3-4,6-7,20H2,1-2H3,(H,22,24)(H,26,27)/t14-,17+/m0/s1. The maximum Gasteiger partial charge on any atom is 0.328 e. The van der Waals surface area contributed by atoms with E-state index in [1.54, 1.807) is 0 Å². The van der Waals surface area contributed by atoms with E-state index in [9.17, 15) is 27.9 Å². The number of nitrogens with one attached hydrogen (secondary N) is 1. The second-order valence-electron chi connectivity index (χ2n) is 7.77. The van der Waals surface area contributed by atoms with Gasteiger partial charge in [-0.2, -0.15) is 0 Å².